The van der Waals surface area contributed by atoms with E-state index in [-0.39, 0.29) is 25.8 Å². The number of phosphoric ester groups is 1. The van der Waals surface area contributed by atoms with Gasteiger partial charge in [0.05, 0.1) is 34.4 Å². The summed E-state index contributed by atoms with van der Waals surface area (Å²) in [6, 6.07) is 0. The van der Waals surface area contributed by atoms with Gasteiger partial charge in [-0.15, -0.1) is 0 Å². The van der Waals surface area contributed by atoms with E-state index in [1.165, 1.54) is 270 Å². The van der Waals surface area contributed by atoms with Gasteiger partial charge in [-0.1, -0.05) is 289 Å². The van der Waals surface area contributed by atoms with Crippen molar-refractivity contribution in [1.29, 1.82) is 0 Å². The Morgan fingerprint density at radius 3 is 1.07 bits per heavy atom. The molecule has 0 aromatic rings. The molecule has 0 spiro atoms. The van der Waals surface area contributed by atoms with E-state index in [1.807, 2.05) is 21.1 Å². The number of esters is 1. The summed E-state index contributed by atoms with van der Waals surface area (Å²) < 4.78 is 34.9. The minimum absolute atomic E-state index is 0.0306. The molecule has 0 aliphatic rings. The Bertz CT molecular complexity index is 1150. The van der Waals surface area contributed by atoms with Crippen LogP contribution in [0.4, 0.5) is 0 Å². The predicted octanol–water partition coefficient (Wildman–Crippen LogP) is 19.4. The van der Waals surface area contributed by atoms with Gasteiger partial charge < -0.3 is 27.9 Å². The molecule has 0 bridgehead atoms. The van der Waals surface area contributed by atoms with Crippen molar-refractivity contribution >= 4 is 13.8 Å². The Morgan fingerprint density at radius 1 is 0.423 bits per heavy atom. The average Bonchev–Trinajstić information content (AvgIpc) is 3.33. The average molecular weight is 1030 g/mol. The van der Waals surface area contributed by atoms with Gasteiger partial charge in [-0.25, -0.2) is 0 Å². The Kier molecular flexibility index (Phi) is 54.9. The van der Waals surface area contributed by atoms with Crippen molar-refractivity contribution < 1.29 is 37.3 Å². The van der Waals surface area contributed by atoms with Gasteiger partial charge in [-0.05, 0) is 38.5 Å². The van der Waals surface area contributed by atoms with Crippen LogP contribution in [-0.4, -0.2) is 70.7 Å². The highest BCUT2D eigenvalue weighted by Crippen LogP contribution is 2.38. The number of unbranched alkanes of at least 4 members (excludes halogenated alkanes) is 44. The SMILES string of the molecule is CCCCCCCCCC/C=C\CCCCCCCCCCCCCCCCOCC(COP(=O)([O-])OCC[N+](C)(C)C)OC(=O)CCCCCCCCCCCCCCCCCCCCCCCCC. The lowest BCUT2D eigenvalue weighted by molar-refractivity contribution is -0.870. The first-order valence-corrected chi connectivity index (χ1v) is 32.9. The van der Waals surface area contributed by atoms with E-state index in [4.69, 9.17) is 18.5 Å². The highest BCUT2D eigenvalue weighted by molar-refractivity contribution is 7.45. The second kappa shape index (κ2) is 55.5. The van der Waals surface area contributed by atoms with Crippen molar-refractivity contribution in [3.63, 3.8) is 0 Å². The van der Waals surface area contributed by atoms with Crippen LogP contribution in [0.5, 0.6) is 0 Å². The summed E-state index contributed by atoms with van der Waals surface area (Å²) in [6.07, 6.45) is 67.0. The summed E-state index contributed by atoms with van der Waals surface area (Å²) in [5.74, 6) is -0.324. The molecule has 8 nitrogen and oxygen atoms in total. The van der Waals surface area contributed by atoms with E-state index >= 15 is 0 Å². The number of hydrogen-bond donors (Lipinski definition) is 0. The number of nitrogens with zero attached hydrogens (tertiary/aromatic N) is 1. The highest BCUT2D eigenvalue weighted by atomic mass is 31.2. The third-order valence-corrected chi connectivity index (χ3v) is 15.3. The molecule has 0 saturated heterocycles. The summed E-state index contributed by atoms with van der Waals surface area (Å²) in [6.45, 7) is 5.50. The topological polar surface area (TPSA) is 94.1 Å². The second-order valence-electron chi connectivity index (χ2n) is 22.8. The van der Waals surface area contributed by atoms with E-state index in [9.17, 15) is 14.3 Å². The highest BCUT2D eigenvalue weighted by Gasteiger charge is 2.20. The number of allylic oxidation sites excluding steroid dienone is 2. The Hall–Kier alpha value is -0.760. The molecule has 71 heavy (non-hydrogen) atoms. The second-order valence-corrected chi connectivity index (χ2v) is 24.2. The normalized spacial score (nSPS) is 13.4. The molecule has 0 aliphatic carbocycles. The van der Waals surface area contributed by atoms with Crippen molar-refractivity contribution in [1.82, 2.24) is 0 Å². The van der Waals surface area contributed by atoms with Crippen LogP contribution in [-0.2, 0) is 27.9 Å². The Labute approximate surface area is 443 Å². The van der Waals surface area contributed by atoms with Gasteiger partial charge in [0.1, 0.15) is 19.3 Å². The molecule has 0 aromatic carbocycles. The maximum atomic E-state index is 12.8. The molecular formula is C62H124NO7P. The van der Waals surface area contributed by atoms with Crippen LogP contribution in [0, 0.1) is 0 Å². The molecule has 2 unspecified atom stereocenters. The van der Waals surface area contributed by atoms with Crippen molar-refractivity contribution in [2.75, 3.05) is 54.1 Å². The molecule has 0 aromatic heterocycles. The maximum absolute atomic E-state index is 12.8. The van der Waals surface area contributed by atoms with Crippen LogP contribution in [0.2, 0.25) is 0 Å². The first-order valence-electron chi connectivity index (χ1n) is 31.4. The van der Waals surface area contributed by atoms with Crippen molar-refractivity contribution in [2.24, 2.45) is 0 Å². The molecule has 0 aliphatic heterocycles. The zero-order chi connectivity index (χ0) is 51.9. The molecule has 0 heterocycles. The van der Waals surface area contributed by atoms with Gasteiger partial charge in [0.15, 0.2) is 0 Å². The van der Waals surface area contributed by atoms with Crippen molar-refractivity contribution in [3.8, 4) is 0 Å². The third kappa shape index (κ3) is 60.0. The van der Waals surface area contributed by atoms with Gasteiger partial charge in [-0.2, -0.15) is 0 Å². The molecule has 2 atom stereocenters. The van der Waals surface area contributed by atoms with Crippen LogP contribution in [0.15, 0.2) is 12.2 Å². The summed E-state index contributed by atoms with van der Waals surface area (Å²) in [5, 5.41) is 0. The molecule has 0 rings (SSSR count). The largest absolute Gasteiger partial charge is 0.756 e. The standard InChI is InChI=1S/C62H124NO7P/c1-6-8-10-12-14-16-18-20-22-24-26-28-30-31-32-34-36-38-40-42-44-46-48-50-52-54-57-67-59-61(60-69-71(65,66)68-58-56-63(3,4)5)70-62(64)55-53-51-49-47-45-43-41-39-37-35-33-29-27-25-23-21-19-17-15-13-11-9-7-2/h24,26,61H,6-23,25,27-60H2,1-5H3/b26-24-. The Balaban J connectivity index is 3.97. The van der Waals surface area contributed by atoms with Gasteiger partial charge in [0.25, 0.3) is 7.82 Å². The van der Waals surface area contributed by atoms with Gasteiger partial charge in [0, 0.05) is 13.0 Å². The molecule has 0 amide bonds. The Morgan fingerprint density at radius 2 is 0.732 bits per heavy atom. The number of rotatable bonds is 60. The molecule has 0 radical (unpaired) electrons. The van der Waals surface area contributed by atoms with E-state index in [0.29, 0.717) is 24.1 Å². The number of phosphoric acid groups is 1. The summed E-state index contributed by atoms with van der Waals surface area (Å²) in [4.78, 5) is 25.3. The monoisotopic (exact) mass is 1030 g/mol. The molecule has 424 valence electrons. The number of quaternary nitrogens is 1. The minimum atomic E-state index is -4.53. The van der Waals surface area contributed by atoms with Crippen molar-refractivity contribution in [2.45, 2.75) is 328 Å². The maximum Gasteiger partial charge on any atom is 0.306 e. The smallest absolute Gasteiger partial charge is 0.306 e. The summed E-state index contributed by atoms with van der Waals surface area (Å²) in [7, 11) is 1.38. The third-order valence-electron chi connectivity index (χ3n) is 14.3. The van der Waals surface area contributed by atoms with Gasteiger partial charge >= 0.3 is 5.97 Å². The van der Waals surface area contributed by atoms with Crippen LogP contribution >= 0.6 is 7.82 Å². The lowest BCUT2D eigenvalue weighted by Crippen LogP contribution is -2.37. The number of carbonyl (C=O) groups excluding carboxylic acids is 1. The number of likely N-dealkylation sites (N-methyl/N-ethyl adjacent to an activating group) is 1. The van der Waals surface area contributed by atoms with E-state index in [0.717, 1.165) is 32.1 Å². The van der Waals surface area contributed by atoms with E-state index < -0.39 is 13.9 Å². The molecule has 0 saturated carbocycles. The van der Waals surface area contributed by atoms with Gasteiger partial charge in [-0.3, -0.25) is 9.36 Å². The lowest BCUT2D eigenvalue weighted by atomic mass is 10.0. The zero-order valence-corrected chi connectivity index (χ0v) is 49.4. The number of carbonyl (C=O) groups is 1. The summed E-state index contributed by atoms with van der Waals surface area (Å²) in [5.41, 5.74) is 0. The summed E-state index contributed by atoms with van der Waals surface area (Å²) >= 11 is 0. The molecular weight excluding hydrogens is 902 g/mol. The first-order chi connectivity index (χ1) is 34.6. The van der Waals surface area contributed by atoms with Crippen LogP contribution in [0.1, 0.15) is 322 Å². The van der Waals surface area contributed by atoms with Crippen LogP contribution < -0.4 is 4.89 Å². The minimum Gasteiger partial charge on any atom is -0.756 e. The fourth-order valence-corrected chi connectivity index (χ4v) is 10.2. The van der Waals surface area contributed by atoms with E-state index in [2.05, 4.69) is 26.0 Å². The van der Waals surface area contributed by atoms with Gasteiger partial charge in [0.2, 0.25) is 0 Å². The number of ether oxygens (including phenoxy) is 2. The van der Waals surface area contributed by atoms with Crippen LogP contribution in [0.3, 0.4) is 0 Å². The molecule has 0 N–H and O–H groups in total. The number of hydrogen-bond acceptors (Lipinski definition) is 7. The molecule has 9 heteroatoms. The first kappa shape index (κ1) is 70.2. The van der Waals surface area contributed by atoms with E-state index in [1.54, 1.807) is 0 Å². The van der Waals surface area contributed by atoms with Crippen LogP contribution in [0.25, 0.3) is 0 Å². The predicted molar refractivity (Wildman–Crippen MR) is 305 cm³/mol. The molecule has 0 fully saturated rings. The lowest BCUT2D eigenvalue weighted by Gasteiger charge is -2.28. The fourth-order valence-electron chi connectivity index (χ4n) is 9.49. The quantitative estimate of drug-likeness (QED) is 0.0197. The zero-order valence-electron chi connectivity index (χ0n) is 48.5. The van der Waals surface area contributed by atoms with Crippen molar-refractivity contribution in [3.05, 3.63) is 12.2 Å². The fraction of sp³-hybridized carbons (Fsp3) is 0.952.